The summed E-state index contributed by atoms with van der Waals surface area (Å²) in [7, 11) is 1.72. The topological polar surface area (TPSA) is 44.8 Å². The molecule has 0 spiro atoms. The van der Waals surface area contributed by atoms with E-state index in [1.807, 2.05) is 6.92 Å². The molecule has 0 amide bonds. The van der Waals surface area contributed by atoms with Gasteiger partial charge in [-0.25, -0.2) is 4.79 Å². The van der Waals surface area contributed by atoms with Gasteiger partial charge in [0.1, 0.15) is 0 Å². The predicted molar refractivity (Wildman–Crippen MR) is 107 cm³/mol. The molecule has 5 heteroatoms. The maximum atomic E-state index is 11.1. The lowest BCUT2D eigenvalue weighted by Gasteiger charge is -2.25. The minimum absolute atomic E-state index is 0.00323. The van der Waals surface area contributed by atoms with Gasteiger partial charge in [0.15, 0.2) is 0 Å². The number of hydrogen-bond acceptors (Lipinski definition) is 4. The summed E-state index contributed by atoms with van der Waals surface area (Å²) in [5.41, 5.74) is 0. The lowest BCUT2D eigenvalue weighted by molar-refractivity contribution is -0.142. The fourth-order valence-electron chi connectivity index (χ4n) is 3.12. The second kappa shape index (κ2) is 15.6. The van der Waals surface area contributed by atoms with Gasteiger partial charge in [-0.3, -0.25) is 0 Å². The number of carbonyl (C=O) groups is 1. The molecule has 0 aliphatic carbocycles. The highest BCUT2D eigenvalue weighted by atomic mass is 28.4. The zero-order valence-electron chi connectivity index (χ0n) is 17.0. The molecule has 0 heterocycles. The van der Waals surface area contributed by atoms with Crippen molar-refractivity contribution in [3.05, 3.63) is 12.7 Å². The zero-order valence-corrected chi connectivity index (χ0v) is 18.0. The molecule has 0 aromatic heterocycles. The van der Waals surface area contributed by atoms with Crippen LogP contribution in [-0.4, -0.2) is 34.9 Å². The van der Waals surface area contributed by atoms with E-state index >= 15 is 0 Å². The number of unbranched alkanes of at least 4 members (excludes halogenated alkanes) is 8. The molecular formula is C20H40O4Si. The fourth-order valence-corrected chi connectivity index (χ4v) is 5.42. The smallest absolute Gasteiger partial charge is 0.337 e. The van der Waals surface area contributed by atoms with E-state index in [9.17, 15) is 4.79 Å². The predicted octanol–water partition coefficient (Wildman–Crippen LogP) is 5.76. The summed E-state index contributed by atoms with van der Waals surface area (Å²) >= 11 is 0. The van der Waals surface area contributed by atoms with E-state index in [0.717, 1.165) is 24.9 Å². The first kappa shape index (κ1) is 24.3. The van der Waals surface area contributed by atoms with E-state index in [1.54, 1.807) is 14.2 Å². The van der Waals surface area contributed by atoms with Crippen LogP contribution in [0.2, 0.25) is 12.1 Å². The Morgan fingerprint density at radius 3 is 1.88 bits per heavy atom. The van der Waals surface area contributed by atoms with E-state index in [1.165, 1.54) is 57.4 Å². The lowest BCUT2D eigenvalue weighted by atomic mass is 10.1. The van der Waals surface area contributed by atoms with Crippen LogP contribution in [0.1, 0.15) is 78.1 Å². The maximum absolute atomic E-state index is 11.1. The van der Waals surface area contributed by atoms with Gasteiger partial charge in [0.05, 0.1) is 6.10 Å². The van der Waals surface area contributed by atoms with Gasteiger partial charge < -0.3 is 13.6 Å². The SMILES string of the molecule is C=CC(=O)OC(C)CCCCCCCCCCC[Si](CC)(OC)OC. The first-order valence-corrected chi connectivity index (χ1v) is 12.2. The molecule has 1 atom stereocenters. The Bertz CT molecular complexity index is 334. The van der Waals surface area contributed by atoms with Crippen LogP contribution in [0, 0.1) is 0 Å². The largest absolute Gasteiger partial charge is 0.460 e. The van der Waals surface area contributed by atoms with Crippen LogP contribution in [0.5, 0.6) is 0 Å². The molecule has 4 nitrogen and oxygen atoms in total. The van der Waals surface area contributed by atoms with Crippen molar-refractivity contribution in [2.24, 2.45) is 0 Å². The van der Waals surface area contributed by atoms with Gasteiger partial charge in [0.2, 0.25) is 0 Å². The monoisotopic (exact) mass is 372 g/mol. The highest BCUT2D eigenvalue weighted by molar-refractivity contribution is 6.67. The highest BCUT2D eigenvalue weighted by Crippen LogP contribution is 2.21. The van der Waals surface area contributed by atoms with Crippen molar-refractivity contribution in [1.82, 2.24) is 0 Å². The molecule has 0 saturated carbocycles. The summed E-state index contributed by atoms with van der Waals surface area (Å²) in [5, 5.41) is 0. The van der Waals surface area contributed by atoms with Gasteiger partial charge in [0, 0.05) is 20.3 Å². The second-order valence-corrected chi connectivity index (χ2v) is 10.7. The van der Waals surface area contributed by atoms with Crippen molar-refractivity contribution >= 4 is 14.5 Å². The number of carbonyl (C=O) groups excluding carboxylic acids is 1. The summed E-state index contributed by atoms with van der Waals surface area (Å²) in [6.07, 6.45) is 13.6. The van der Waals surface area contributed by atoms with E-state index in [2.05, 4.69) is 13.5 Å². The molecule has 0 bridgehead atoms. The first-order chi connectivity index (χ1) is 12.0. The van der Waals surface area contributed by atoms with Gasteiger partial charge in [-0.05, 0) is 31.9 Å². The average molecular weight is 373 g/mol. The van der Waals surface area contributed by atoms with Crippen LogP contribution in [0.25, 0.3) is 0 Å². The molecule has 0 radical (unpaired) electrons. The van der Waals surface area contributed by atoms with E-state index in [0.29, 0.717) is 0 Å². The van der Waals surface area contributed by atoms with Crippen LogP contribution in [0.15, 0.2) is 12.7 Å². The Balaban J connectivity index is 3.42. The molecule has 0 N–H and O–H groups in total. The molecule has 0 saturated heterocycles. The third-order valence-electron chi connectivity index (χ3n) is 4.94. The summed E-state index contributed by atoms with van der Waals surface area (Å²) in [4.78, 5) is 11.1. The van der Waals surface area contributed by atoms with Crippen molar-refractivity contribution in [2.75, 3.05) is 14.2 Å². The number of rotatable bonds is 17. The van der Waals surface area contributed by atoms with Crippen LogP contribution < -0.4 is 0 Å². The normalized spacial score (nSPS) is 12.8. The molecule has 0 rings (SSSR count). The van der Waals surface area contributed by atoms with Crippen LogP contribution >= 0.6 is 0 Å². The van der Waals surface area contributed by atoms with Crippen molar-refractivity contribution in [2.45, 2.75) is 96.2 Å². The molecule has 0 aromatic carbocycles. The molecule has 148 valence electrons. The Hall–Kier alpha value is -0.653. The molecular weight excluding hydrogens is 332 g/mol. The van der Waals surface area contributed by atoms with Gasteiger partial charge in [-0.15, -0.1) is 0 Å². The minimum Gasteiger partial charge on any atom is -0.460 e. The van der Waals surface area contributed by atoms with Crippen LogP contribution in [0.3, 0.4) is 0 Å². The summed E-state index contributed by atoms with van der Waals surface area (Å²) in [6, 6.07) is 2.15. The standard InChI is InChI=1S/C20H40O4Si/c1-6-20(21)24-19(3)17-15-13-11-9-8-10-12-14-16-18-25(7-2,22-4)23-5/h6,19H,1,7-18H2,2-5H3. The third-order valence-corrected chi connectivity index (χ3v) is 8.62. The second-order valence-electron chi connectivity index (χ2n) is 6.84. The van der Waals surface area contributed by atoms with Crippen molar-refractivity contribution in [3.8, 4) is 0 Å². The van der Waals surface area contributed by atoms with Crippen molar-refractivity contribution < 1.29 is 18.4 Å². The highest BCUT2D eigenvalue weighted by Gasteiger charge is 2.32. The van der Waals surface area contributed by atoms with E-state index < -0.39 is 8.56 Å². The quantitative estimate of drug-likeness (QED) is 0.141. The summed E-state index contributed by atoms with van der Waals surface area (Å²) < 4.78 is 16.5. The molecule has 0 aliphatic heterocycles. The number of hydrogen-bond donors (Lipinski definition) is 0. The molecule has 1 unspecified atom stereocenters. The Labute approximate surface area is 156 Å². The van der Waals surface area contributed by atoms with Crippen molar-refractivity contribution in [1.29, 1.82) is 0 Å². The molecule has 0 aliphatic rings. The molecule has 0 aromatic rings. The first-order valence-electron chi connectivity index (χ1n) is 9.97. The van der Waals surface area contributed by atoms with Gasteiger partial charge >= 0.3 is 14.5 Å². The molecule has 0 fully saturated rings. The average Bonchev–Trinajstić information content (AvgIpc) is 2.63. The maximum Gasteiger partial charge on any atom is 0.337 e. The third kappa shape index (κ3) is 12.4. The van der Waals surface area contributed by atoms with E-state index in [-0.39, 0.29) is 12.1 Å². The van der Waals surface area contributed by atoms with E-state index in [4.69, 9.17) is 13.6 Å². The molecule has 25 heavy (non-hydrogen) atoms. The fraction of sp³-hybridized carbons (Fsp3) is 0.850. The Morgan fingerprint density at radius 1 is 0.960 bits per heavy atom. The Morgan fingerprint density at radius 2 is 1.44 bits per heavy atom. The van der Waals surface area contributed by atoms with Gasteiger partial charge in [-0.2, -0.15) is 0 Å². The summed E-state index contributed by atoms with van der Waals surface area (Å²) in [5.74, 6) is -0.317. The van der Waals surface area contributed by atoms with Gasteiger partial charge in [-0.1, -0.05) is 64.9 Å². The zero-order chi connectivity index (χ0) is 19.0. The van der Waals surface area contributed by atoms with Gasteiger partial charge in [0.25, 0.3) is 0 Å². The summed E-state index contributed by atoms with van der Waals surface area (Å²) in [6.45, 7) is 7.53. The minimum atomic E-state index is -1.87. The van der Waals surface area contributed by atoms with Crippen molar-refractivity contribution in [3.63, 3.8) is 0 Å². The number of ether oxygens (including phenoxy) is 1. The number of esters is 1. The van der Waals surface area contributed by atoms with Crippen LogP contribution in [0.4, 0.5) is 0 Å². The van der Waals surface area contributed by atoms with Crippen LogP contribution in [-0.2, 0) is 18.4 Å². The lowest BCUT2D eigenvalue weighted by Crippen LogP contribution is -2.38. The Kier molecular flexibility index (Phi) is 15.2.